The van der Waals surface area contributed by atoms with Crippen LogP contribution in [0, 0.1) is 5.41 Å². The molecule has 1 saturated carbocycles. The van der Waals surface area contributed by atoms with Crippen molar-refractivity contribution in [2.75, 3.05) is 13.1 Å². The number of hydrogen-bond acceptors (Lipinski definition) is 2. The van der Waals surface area contributed by atoms with Crippen LogP contribution in [0.15, 0.2) is 30.3 Å². The summed E-state index contributed by atoms with van der Waals surface area (Å²) in [6.07, 6.45) is 6.36. The molecule has 3 N–H and O–H groups in total. The minimum Gasteiger partial charge on any atom is -0.356 e. The summed E-state index contributed by atoms with van der Waals surface area (Å²) in [7, 11) is 0. The maximum absolute atomic E-state index is 12.5. The van der Waals surface area contributed by atoms with Crippen LogP contribution >= 0.6 is 0 Å². The van der Waals surface area contributed by atoms with E-state index in [0.717, 1.165) is 38.6 Å². The van der Waals surface area contributed by atoms with Gasteiger partial charge in [-0.3, -0.25) is 4.79 Å². The van der Waals surface area contributed by atoms with Crippen LogP contribution in [0.3, 0.4) is 0 Å². The molecule has 3 heteroatoms. The van der Waals surface area contributed by atoms with Crippen molar-refractivity contribution < 1.29 is 4.79 Å². The van der Waals surface area contributed by atoms with E-state index in [4.69, 9.17) is 5.73 Å². The molecule has 1 aromatic carbocycles. The van der Waals surface area contributed by atoms with Crippen LogP contribution in [0.25, 0.3) is 0 Å². The first-order valence-electron chi connectivity index (χ1n) is 8.21. The van der Waals surface area contributed by atoms with Gasteiger partial charge in [-0.2, -0.15) is 0 Å². The number of amides is 1. The van der Waals surface area contributed by atoms with Gasteiger partial charge in [0.05, 0.1) is 5.41 Å². The van der Waals surface area contributed by atoms with Gasteiger partial charge in [0.1, 0.15) is 0 Å². The lowest BCUT2D eigenvalue weighted by Gasteiger charge is -2.34. The van der Waals surface area contributed by atoms with E-state index < -0.39 is 0 Å². The molecule has 1 atom stereocenters. The third kappa shape index (κ3) is 4.07. The third-order valence-electron chi connectivity index (χ3n) is 4.91. The van der Waals surface area contributed by atoms with Gasteiger partial charge in [-0.15, -0.1) is 0 Å². The molecule has 0 spiro atoms. The normalized spacial score (nSPS) is 19.0. The lowest BCUT2D eigenvalue weighted by molar-refractivity contribution is -0.132. The Kier molecular flexibility index (Phi) is 5.80. The molecule has 0 aromatic heterocycles. The number of carbonyl (C=O) groups is 1. The predicted molar refractivity (Wildman–Crippen MR) is 87.1 cm³/mol. The van der Waals surface area contributed by atoms with Crippen molar-refractivity contribution in [1.82, 2.24) is 5.32 Å². The Bertz CT molecular complexity index is 438. The van der Waals surface area contributed by atoms with E-state index in [0.29, 0.717) is 12.5 Å². The first-order chi connectivity index (χ1) is 10.2. The molecule has 1 fully saturated rings. The molecule has 0 radical (unpaired) electrons. The summed E-state index contributed by atoms with van der Waals surface area (Å²) in [5.74, 6) is 0.636. The van der Waals surface area contributed by atoms with Gasteiger partial charge < -0.3 is 11.1 Å². The van der Waals surface area contributed by atoms with Crippen LogP contribution < -0.4 is 11.1 Å². The molecule has 116 valence electrons. The Hall–Kier alpha value is -1.35. The van der Waals surface area contributed by atoms with Crippen molar-refractivity contribution in [3.63, 3.8) is 0 Å². The van der Waals surface area contributed by atoms with Crippen molar-refractivity contribution >= 4 is 5.91 Å². The summed E-state index contributed by atoms with van der Waals surface area (Å²) >= 11 is 0. The fourth-order valence-electron chi connectivity index (χ4n) is 3.29. The van der Waals surface area contributed by atoms with Crippen LogP contribution in [0.5, 0.6) is 0 Å². The Morgan fingerprint density at radius 2 is 1.90 bits per heavy atom. The van der Waals surface area contributed by atoms with Crippen molar-refractivity contribution in [2.24, 2.45) is 11.1 Å². The number of carbonyl (C=O) groups excluding carboxylic acids is 1. The molecule has 2 rings (SSSR count). The topological polar surface area (TPSA) is 55.1 Å². The van der Waals surface area contributed by atoms with Gasteiger partial charge in [0.2, 0.25) is 5.91 Å². The highest BCUT2D eigenvalue weighted by molar-refractivity contribution is 5.83. The average Bonchev–Trinajstić information content (AvgIpc) is 2.56. The predicted octanol–water partition coefficient (Wildman–Crippen LogP) is 3.21. The van der Waals surface area contributed by atoms with Gasteiger partial charge in [0.15, 0.2) is 0 Å². The SMILES string of the molecule is CC(CCNC(=O)C1(CN)CCCCC1)c1ccccc1. The van der Waals surface area contributed by atoms with Gasteiger partial charge in [-0.1, -0.05) is 56.5 Å². The molecular weight excluding hydrogens is 260 g/mol. The molecule has 21 heavy (non-hydrogen) atoms. The number of nitrogens with one attached hydrogen (secondary N) is 1. The minimum absolute atomic E-state index is 0.171. The summed E-state index contributed by atoms with van der Waals surface area (Å²) in [5, 5.41) is 3.13. The number of hydrogen-bond donors (Lipinski definition) is 2. The first kappa shape index (κ1) is 16.0. The summed E-state index contributed by atoms with van der Waals surface area (Å²) in [6.45, 7) is 3.42. The van der Waals surface area contributed by atoms with E-state index in [1.54, 1.807) is 0 Å². The van der Waals surface area contributed by atoms with Gasteiger partial charge in [-0.25, -0.2) is 0 Å². The highest BCUT2D eigenvalue weighted by Crippen LogP contribution is 2.35. The van der Waals surface area contributed by atoms with Crippen LogP contribution in [-0.4, -0.2) is 19.0 Å². The van der Waals surface area contributed by atoms with Crippen LogP contribution in [0.1, 0.15) is 56.9 Å². The van der Waals surface area contributed by atoms with Crippen molar-refractivity contribution in [3.05, 3.63) is 35.9 Å². The second-order valence-corrected chi connectivity index (χ2v) is 6.40. The lowest BCUT2D eigenvalue weighted by Crippen LogP contribution is -2.47. The first-order valence-corrected chi connectivity index (χ1v) is 8.21. The molecule has 1 unspecified atom stereocenters. The van der Waals surface area contributed by atoms with Crippen LogP contribution in [-0.2, 0) is 4.79 Å². The molecule has 1 aliphatic carbocycles. The van der Waals surface area contributed by atoms with Crippen molar-refractivity contribution in [2.45, 2.75) is 51.4 Å². The minimum atomic E-state index is -0.297. The molecule has 0 aliphatic heterocycles. The summed E-state index contributed by atoms with van der Waals surface area (Å²) in [5.41, 5.74) is 6.93. The van der Waals surface area contributed by atoms with Gasteiger partial charge >= 0.3 is 0 Å². The maximum Gasteiger partial charge on any atom is 0.227 e. The van der Waals surface area contributed by atoms with E-state index in [2.05, 4.69) is 36.5 Å². The highest BCUT2D eigenvalue weighted by atomic mass is 16.2. The second kappa shape index (κ2) is 7.60. The number of benzene rings is 1. The Morgan fingerprint density at radius 1 is 1.24 bits per heavy atom. The monoisotopic (exact) mass is 288 g/mol. The highest BCUT2D eigenvalue weighted by Gasteiger charge is 2.37. The van der Waals surface area contributed by atoms with Crippen molar-refractivity contribution in [3.8, 4) is 0 Å². The Labute approximate surface area is 128 Å². The average molecular weight is 288 g/mol. The van der Waals surface area contributed by atoms with E-state index in [1.165, 1.54) is 12.0 Å². The van der Waals surface area contributed by atoms with Crippen LogP contribution in [0.4, 0.5) is 0 Å². The summed E-state index contributed by atoms with van der Waals surface area (Å²) in [4.78, 5) is 12.5. The fraction of sp³-hybridized carbons (Fsp3) is 0.611. The third-order valence-corrected chi connectivity index (χ3v) is 4.91. The fourth-order valence-corrected chi connectivity index (χ4v) is 3.29. The van der Waals surface area contributed by atoms with Gasteiger partial charge in [0, 0.05) is 13.1 Å². The standard InChI is InChI=1S/C18H28N2O/c1-15(16-8-4-2-5-9-16)10-13-20-17(21)18(14-19)11-6-3-7-12-18/h2,4-5,8-9,15H,3,6-7,10-14,19H2,1H3,(H,20,21). The summed E-state index contributed by atoms with van der Waals surface area (Å²) in [6, 6.07) is 10.5. The van der Waals surface area contributed by atoms with E-state index in [1.807, 2.05) is 6.07 Å². The Morgan fingerprint density at radius 3 is 2.52 bits per heavy atom. The summed E-state index contributed by atoms with van der Waals surface area (Å²) < 4.78 is 0. The molecule has 3 nitrogen and oxygen atoms in total. The molecule has 1 aromatic rings. The number of nitrogens with two attached hydrogens (primary N) is 1. The van der Waals surface area contributed by atoms with Gasteiger partial charge in [0.25, 0.3) is 0 Å². The smallest absolute Gasteiger partial charge is 0.227 e. The molecule has 1 amide bonds. The quantitative estimate of drug-likeness (QED) is 0.844. The van der Waals surface area contributed by atoms with E-state index in [-0.39, 0.29) is 11.3 Å². The molecule has 0 heterocycles. The lowest BCUT2D eigenvalue weighted by atomic mass is 9.73. The zero-order valence-electron chi connectivity index (χ0n) is 13.1. The molecule has 0 bridgehead atoms. The zero-order chi connectivity index (χ0) is 15.1. The molecular formula is C18H28N2O. The largest absolute Gasteiger partial charge is 0.356 e. The zero-order valence-corrected chi connectivity index (χ0v) is 13.1. The van der Waals surface area contributed by atoms with Gasteiger partial charge in [-0.05, 0) is 30.7 Å². The second-order valence-electron chi connectivity index (χ2n) is 6.40. The van der Waals surface area contributed by atoms with Crippen molar-refractivity contribution in [1.29, 1.82) is 0 Å². The van der Waals surface area contributed by atoms with E-state index >= 15 is 0 Å². The molecule has 0 saturated heterocycles. The number of rotatable bonds is 6. The maximum atomic E-state index is 12.5. The molecule has 1 aliphatic rings. The van der Waals surface area contributed by atoms with E-state index in [9.17, 15) is 4.79 Å². The van der Waals surface area contributed by atoms with Crippen LogP contribution in [0.2, 0.25) is 0 Å². The Balaban J connectivity index is 1.81.